The number of nitrogens with zero attached hydrogens (tertiary/aromatic N) is 1. The number of esters is 1. The number of hydrogen-bond donors (Lipinski definition) is 1. The number of carbonyl (C=O) groups excluding carboxylic acids is 2. The van der Waals surface area contributed by atoms with Crippen LogP contribution in [-0.4, -0.2) is 71.7 Å². The maximum atomic E-state index is 12.8. The lowest BCUT2D eigenvalue weighted by atomic mass is 10.2. The number of nitrogens with one attached hydrogen (secondary N) is 1. The number of ether oxygens (including phenoxy) is 4. The average molecular weight is 499 g/mol. The van der Waals surface area contributed by atoms with Crippen LogP contribution in [-0.2, 0) is 24.3 Å². The standard InChI is InChI=1S/C21H23ClN2O8S/c1-29-15-9-14(10-16(11-15)30-2)23-20(25)13-32-21(26)18-12-17(3-4-19(18)22)33(27,28)24-5-7-31-8-6-24/h3-4,9-12H,5-8,13H2,1-2H3,(H,23,25). The fourth-order valence-electron chi connectivity index (χ4n) is 3.04. The summed E-state index contributed by atoms with van der Waals surface area (Å²) in [5, 5.41) is 2.57. The van der Waals surface area contributed by atoms with Crippen molar-refractivity contribution in [2.45, 2.75) is 4.90 Å². The number of hydrogen-bond acceptors (Lipinski definition) is 8. The Morgan fingerprint density at radius 2 is 1.70 bits per heavy atom. The summed E-state index contributed by atoms with van der Waals surface area (Å²) in [6.07, 6.45) is 0. The Labute approximate surface area is 196 Å². The van der Waals surface area contributed by atoms with Crippen molar-refractivity contribution in [2.24, 2.45) is 0 Å². The number of amides is 1. The van der Waals surface area contributed by atoms with Crippen molar-refractivity contribution < 1.29 is 37.0 Å². The Morgan fingerprint density at radius 1 is 1.06 bits per heavy atom. The predicted octanol–water partition coefficient (Wildman–Crippen LogP) is 2.17. The lowest BCUT2D eigenvalue weighted by Crippen LogP contribution is -2.40. The summed E-state index contributed by atoms with van der Waals surface area (Å²) in [5.74, 6) is -0.622. The second kappa shape index (κ2) is 10.8. The second-order valence-electron chi connectivity index (χ2n) is 6.88. The molecule has 1 saturated heterocycles. The molecule has 2 aromatic carbocycles. The summed E-state index contributed by atoms with van der Waals surface area (Å²) in [5.41, 5.74) is 0.214. The smallest absolute Gasteiger partial charge is 0.340 e. The monoisotopic (exact) mass is 498 g/mol. The third kappa shape index (κ3) is 6.14. The van der Waals surface area contributed by atoms with Gasteiger partial charge in [0.25, 0.3) is 5.91 Å². The SMILES string of the molecule is COc1cc(NC(=O)COC(=O)c2cc(S(=O)(=O)N3CCOCC3)ccc2Cl)cc(OC)c1. The van der Waals surface area contributed by atoms with Crippen LogP contribution in [0.1, 0.15) is 10.4 Å². The zero-order valence-electron chi connectivity index (χ0n) is 18.0. The molecule has 1 aliphatic heterocycles. The van der Waals surface area contributed by atoms with Gasteiger partial charge >= 0.3 is 5.97 Å². The van der Waals surface area contributed by atoms with Crippen LogP contribution < -0.4 is 14.8 Å². The van der Waals surface area contributed by atoms with Crippen LogP contribution >= 0.6 is 11.6 Å². The fraction of sp³-hybridized carbons (Fsp3) is 0.333. The topological polar surface area (TPSA) is 120 Å². The van der Waals surface area contributed by atoms with Gasteiger partial charge < -0.3 is 24.3 Å². The maximum absolute atomic E-state index is 12.8. The Morgan fingerprint density at radius 3 is 2.30 bits per heavy atom. The zero-order valence-corrected chi connectivity index (χ0v) is 19.6. The first-order chi connectivity index (χ1) is 15.7. The van der Waals surface area contributed by atoms with E-state index in [4.69, 9.17) is 30.5 Å². The number of rotatable bonds is 8. The minimum atomic E-state index is -3.84. The Balaban J connectivity index is 1.68. The van der Waals surface area contributed by atoms with Gasteiger partial charge in [0.05, 0.1) is 42.9 Å². The molecule has 3 rings (SSSR count). The Hall–Kier alpha value is -2.86. The van der Waals surface area contributed by atoms with E-state index in [1.165, 1.54) is 30.7 Å². The van der Waals surface area contributed by atoms with E-state index >= 15 is 0 Å². The van der Waals surface area contributed by atoms with Gasteiger partial charge in [-0.3, -0.25) is 4.79 Å². The van der Waals surface area contributed by atoms with Crippen molar-refractivity contribution in [1.29, 1.82) is 0 Å². The van der Waals surface area contributed by atoms with E-state index in [2.05, 4.69) is 5.32 Å². The van der Waals surface area contributed by atoms with Gasteiger partial charge in [-0.2, -0.15) is 4.31 Å². The van der Waals surface area contributed by atoms with Crippen molar-refractivity contribution in [3.63, 3.8) is 0 Å². The summed E-state index contributed by atoms with van der Waals surface area (Å²) in [7, 11) is -0.893. The molecular weight excluding hydrogens is 476 g/mol. The number of benzene rings is 2. The average Bonchev–Trinajstić information content (AvgIpc) is 2.82. The van der Waals surface area contributed by atoms with E-state index in [1.807, 2.05) is 0 Å². The van der Waals surface area contributed by atoms with Crippen molar-refractivity contribution >= 4 is 39.2 Å². The summed E-state index contributed by atoms with van der Waals surface area (Å²) in [4.78, 5) is 24.7. The molecule has 10 nitrogen and oxygen atoms in total. The van der Waals surface area contributed by atoms with E-state index < -0.39 is 28.5 Å². The van der Waals surface area contributed by atoms with Crippen LogP contribution in [0.3, 0.4) is 0 Å². The number of carbonyl (C=O) groups is 2. The van der Waals surface area contributed by atoms with Crippen molar-refractivity contribution in [1.82, 2.24) is 4.31 Å². The number of anilines is 1. The third-order valence-electron chi connectivity index (χ3n) is 4.74. The number of morpholine rings is 1. The maximum Gasteiger partial charge on any atom is 0.340 e. The quantitative estimate of drug-likeness (QED) is 0.550. The highest BCUT2D eigenvalue weighted by Gasteiger charge is 2.28. The van der Waals surface area contributed by atoms with Crippen LogP contribution in [0.25, 0.3) is 0 Å². The van der Waals surface area contributed by atoms with Gasteiger partial charge in [0.1, 0.15) is 11.5 Å². The van der Waals surface area contributed by atoms with E-state index in [0.717, 1.165) is 6.07 Å². The molecule has 178 valence electrons. The lowest BCUT2D eigenvalue weighted by molar-refractivity contribution is -0.119. The van der Waals surface area contributed by atoms with Crippen LogP contribution in [0.5, 0.6) is 11.5 Å². The van der Waals surface area contributed by atoms with E-state index in [1.54, 1.807) is 18.2 Å². The first-order valence-electron chi connectivity index (χ1n) is 9.82. The van der Waals surface area contributed by atoms with Crippen LogP contribution in [0.4, 0.5) is 5.69 Å². The van der Waals surface area contributed by atoms with Gasteiger partial charge in [-0.15, -0.1) is 0 Å². The highest BCUT2D eigenvalue weighted by Crippen LogP contribution is 2.26. The summed E-state index contributed by atoms with van der Waals surface area (Å²) in [6, 6.07) is 8.52. The normalized spacial score (nSPS) is 14.4. The molecule has 0 atom stereocenters. The van der Waals surface area contributed by atoms with Gasteiger partial charge in [0, 0.05) is 37.0 Å². The molecule has 1 aliphatic rings. The van der Waals surface area contributed by atoms with E-state index in [0.29, 0.717) is 17.2 Å². The molecule has 0 spiro atoms. The number of methoxy groups -OCH3 is 2. The molecule has 2 aromatic rings. The molecule has 0 aliphatic carbocycles. The van der Waals surface area contributed by atoms with Crippen molar-refractivity contribution in [2.75, 3.05) is 52.4 Å². The number of halogens is 1. The molecule has 33 heavy (non-hydrogen) atoms. The highest BCUT2D eigenvalue weighted by atomic mass is 35.5. The molecule has 0 radical (unpaired) electrons. The molecule has 0 aromatic heterocycles. The summed E-state index contributed by atoms with van der Waals surface area (Å²) >= 11 is 6.08. The molecule has 1 fully saturated rings. The molecule has 1 N–H and O–H groups in total. The number of sulfonamides is 1. The molecule has 0 bridgehead atoms. The van der Waals surface area contributed by atoms with Crippen LogP contribution in [0.15, 0.2) is 41.3 Å². The van der Waals surface area contributed by atoms with E-state index in [-0.39, 0.29) is 41.8 Å². The first-order valence-corrected chi connectivity index (χ1v) is 11.6. The molecular formula is C21H23ClN2O8S. The summed E-state index contributed by atoms with van der Waals surface area (Å²) < 4.78 is 47.4. The molecule has 1 amide bonds. The largest absolute Gasteiger partial charge is 0.497 e. The second-order valence-corrected chi connectivity index (χ2v) is 9.23. The first kappa shape index (κ1) is 24.8. The van der Waals surface area contributed by atoms with Gasteiger partial charge in [-0.05, 0) is 18.2 Å². The van der Waals surface area contributed by atoms with Crippen molar-refractivity contribution in [3.05, 3.63) is 47.0 Å². The summed E-state index contributed by atoms with van der Waals surface area (Å²) in [6.45, 7) is 0.376. The van der Waals surface area contributed by atoms with E-state index in [9.17, 15) is 18.0 Å². The molecule has 1 heterocycles. The Bertz CT molecular complexity index is 1110. The van der Waals surface area contributed by atoms with Crippen molar-refractivity contribution in [3.8, 4) is 11.5 Å². The van der Waals surface area contributed by atoms with Crippen LogP contribution in [0.2, 0.25) is 5.02 Å². The van der Waals surface area contributed by atoms with Gasteiger partial charge in [-0.25, -0.2) is 13.2 Å². The van der Waals surface area contributed by atoms with Gasteiger partial charge in [0.2, 0.25) is 10.0 Å². The highest BCUT2D eigenvalue weighted by molar-refractivity contribution is 7.89. The lowest BCUT2D eigenvalue weighted by Gasteiger charge is -2.26. The molecule has 12 heteroatoms. The fourth-order valence-corrected chi connectivity index (χ4v) is 4.67. The molecule has 0 saturated carbocycles. The van der Waals surface area contributed by atoms with Gasteiger partial charge in [-0.1, -0.05) is 11.6 Å². The van der Waals surface area contributed by atoms with Gasteiger partial charge in [0.15, 0.2) is 6.61 Å². The zero-order chi connectivity index (χ0) is 24.0. The molecule has 0 unspecified atom stereocenters. The minimum absolute atomic E-state index is 0.00105. The minimum Gasteiger partial charge on any atom is -0.497 e. The van der Waals surface area contributed by atoms with Crippen LogP contribution in [0, 0.1) is 0 Å². The third-order valence-corrected chi connectivity index (χ3v) is 6.96. The predicted molar refractivity (Wildman–Crippen MR) is 119 cm³/mol. The Kier molecular flexibility index (Phi) is 8.14.